The lowest BCUT2D eigenvalue weighted by atomic mass is 9.89. The summed E-state index contributed by atoms with van der Waals surface area (Å²) in [5.41, 5.74) is 3.42. The normalized spacial score (nSPS) is 11.7. The summed E-state index contributed by atoms with van der Waals surface area (Å²) in [6.07, 6.45) is 0. The van der Waals surface area contributed by atoms with Crippen LogP contribution < -0.4 is 0 Å². The predicted molar refractivity (Wildman–Crippen MR) is 202 cm³/mol. The van der Waals surface area contributed by atoms with Crippen molar-refractivity contribution in [2.75, 3.05) is 13.2 Å². The van der Waals surface area contributed by atoms with Crippen LogP contribution in [0.3, 0.4) is 0 Å². The highest BCUT2D eigenvalue weighted by molar-refractivity contribution is 6.11. The number of aromatic hydroxyl groups is 4. The smallest absolute Gasteiger partial charge is 0.128 e. The Kier molecular flexibility index (Phi) is 7.96. The Labute approximate surface area is 289 Å². The second kappa shape index (κ2) is 12.7. The number of aliphatic hydroxyl groups is 1. The molecule has 0 amide bonds. The SMILES string of the molecule is OCCN(Cc1cc2ccccc2c(-c2c(O)ccc3ccccc23)c1O)Cc1cc2ccccc2c(-c2c(O)ccc3ccccc23)c1O. The molecule has 50 heavy (non-hydrogen) atoms. The van der Waals surface area contributed by atoms with Gasteiger partial charge in [0.1, 0.15) is 23.0 Å². The molecule has 0 atom stereocenters. The molecule has 8 aromatic carbocycles. The van der Waals surface area contributed by atoms with Crippen LogP contribution in [0.4, 0.5) is 0 Å². The molecule has 0 bridgehead atoms. The van der Waals surface area contributed by atoms with Gasteiger partial charge in [0, 0.05) is 53.0 Å². The van der Waals surface area contributed by atoms with E-state index in [0.29, 0.717) is 33.4 Å². The zero-order valence-corrected chi connectivity index (χ0v) is 27.2. The third kappa shape index (κ3) is 5.31. The summed E-state index contributed by atoms with van der Waals surface area (Å²) >= 11 is 0. The van der Waals surface area contributed by atoms with Crippen LogP contribution in [0, 0.1) is 0 Å². The maximum atomic E-state index is 12.0. The highest BCUT2D eigenvalue weighted by Gasteiger charge is 2.24. The zero-order valence-electron chi connectivity index (χ0n) is 27.2. The molecule has 0 unspecified atom stereocenters. The van der Waals surface area contributed by atoms with Gasteiger partial charge < -0.3 is 25.5 Å². The number of hydrogen-bond acceptors (Lipinski definition) is 6. The van der Waals surface area contributed by atoms with Crippen molar-refractivity contribution in [2.45, 2.75) is 13.1 Å². The Balaban J connectivity index is 1.27. The number of hydrogen-bond donors (Lipinski definition) is 5. The van der Waals surface area contributed by atoms with E-state index in [1.165, 1.54) is 0 Å². The molecule has 0 aliphatic heterocycles. The van der Waals surface area contributed by atoms with Crippen molar-refractivity contribution < 1.29 is 25.5 Å². The van der Waals surface area contributed by atoms with Gasteiger partial charge in [0.05, 0.1) is 6.61 Å². The fourth-order valence-electron chi connectivity index (χ4n) is 7.42. The van der Waals surface area contributed by atoms with Gasteiger partial charge in [-0.3, -0.25) is 4.90 Å². The molecule has 0 saturated carbocycles. The Hall–Kier alpha value is -6.08. The van der Waals surface area contributed by atoms with Gasteiger partial charge in [-0.15, -0.1) is 0 Å². The van der Waals surface area contributed by atoms with Crippen LogP contribution in [-0.2, 0) is 13.1 Å². The van der Waals surface area contributed by atoms with Gasteiger partial charge in [-0.05, 0) is 67.4 Å². The van der Waals surface area contributed by atoms with E-state index in [1.807, 2.05) is 126 Å². The molecule has 8 rings (SSSR count). The minimum Gasteiger partial charge on any atom is -0.507 e. The van der Waals surface area contributed by atoms with E-state index in [2.05, 4.69) is 0 Å². The minimum absolute atomic E-state index is 0.0439. The van der Waals surface area contributed by atoms with Crippen LogP contribution >= 0.6 is 0 Å². The summed E-state index contributed by atoms with van der Waals surface area (Å²) in [4.78, 5) is 1.98. The van der Waals surface area contributed by atoms with E-state index >= 15 is 0 Å². The summed E-state index contributed by atoms with van der Waals surface area (Å²) in [7, 11) is 0. The number of phenols is 4. The number of aliphatic hydroxyl groups excluding tert-OH is 1. The first-order chi connectivity index (χ1) is 24.4. The molecule has 0 spiro atoms. The lowest BCUT2D eigenvalue weighted by Gasteiger charge is -2.25. The fraction of sp³-hybridized carbons (Fsp3) is 0.0909. The molecule has 0 radical (unpaired) electrons. The van der Waals surface area contributed by atoms with Gasteiger partial charge in [-0.1, -0.05) is 109 Å². The second-order valence-electron chi connectivity index (χ2n) is 12.8. The lowest BCUT2D eigenvalue weighted by molar-refractivity contribution is 0.182. The van der Waals surface area contributed by atoms with Crippen molar-refractivity contribution in [3.8, 4) is 45.3 Å². The molecule has 0 aliphatic rings. The number of rotatable bonds is 8. The van der Waals surface area contributed by atoms with Crippen molar-refractivity contribution in [1.29, 1.82) is 0 Å². The Morgan fingerprint density at radius 1 is 0.400 bits per heavy atom. The average molecular weight is 658 g/mol. The van der Waals surface area contributed by atoms with Gasteiger partial charge in [0.2, 0.25) is 0 Å². The first-order valence-corrected chi connectivity index (χ1v) is 16.7. The minimum atomic E-state index is -0.142. The number of nitrogens with zero attached hydrogens (tertiary/aromatic N) is 1. The van der Waals surface area contributed by atoms with Crippen LogP contribution in [0.5, 0.6) is 23.0 Å². The molecular weight excluding hydrogens is 622 g/mol. The highest BCUT2D eigenvalue weighted by atomic mass is 16.3. The van der Waals surface area contributed by atoms with E-state index in [1.54, 1.807) is 12.1 Å². The summed E-state index contributed by atoms with van der Waals surface area (Å²) < 4.78 is 0. The predicted octanol–water partition coefficient (Wildman–Crippen LogP) is 9.45. The number of phenolic OH excluding ortho intramolecular Hbond substituents is 4. The number of fused-ring (bicyclic) bond motifs is 4. The fourth-order valence-corrected chi connectivity index (χ4v) is 7.42. The van der Waals surface area contributed by atoms with E-state index < -0.39 is 0 Å². The van der Waals surface area contributed by atoms with Crippen molar-refractivity contribution >= 4 is 43.1 Å². The van der Waals surface area contributed by atoms with Crippen molar-refractivity contribution in [2.24, 2.45) is 0 Å². The molecule has 0 heterocycles. The van der Waals surface area contributed by atoms with Gasteiger partial charge in [-0.2, -0.15) is 0 Å². The maximum Gasteiger partial charge on any atom is 0.128 e. The zero-order chi connectivity index (χ0) is 34.4. The molecule has 6 nitrogen and oxygen atoms in total. The highest BCUT2D eigenvalue weighted by Crippen LogP contribution is 2.48. The van der Waals surface area contributed by atoms with Crippen LogP contribution in [0.2, 0.25) is 0 Å². The Morgan fingerprint density at radius 3 is 1.16 bits per heavy atom. The molecule has 0 fully saturated rings. The topological polar surface area (TPSA) is 104 Å². The summed E-state index contributed by atoms with van der Waals surface area (Å²) in [6, 6.07) is 42.1. The molecular formula is C44H35NO5. The standard InChI is InChI=1S/C44H35NO5/c46-22-21-45(25-31-23-29-11-3-7-15-35(29)41(43(31)49)39-33-13-5-1-9-27(33)17-19-37(39)47)26-32-24-30-12-4-8-16-36(30)42(44(32)50)40-34-14-6-2-10-28(34)18-20-38(40)48/h1-20,23-24,46-50H,21-22,25-26H2. The second-order valence-corrected chi connectivity index (χ2v) is 12.8. The first kappa shape index (κ1) is 31.2. The van der Waals surface area contributed by atoms with E-state index in [0.717, 1.165) is 43.1 Å². The van der Waals surface area contributed by atoms with Crippen LogP contribution in [0.15, 0.2) is 133 Å². The van der Waals surface area contributed by atoms with Gasteiger partial charge >= 0.3 is 0 Å². The van der Waals surface area contributed by atoms with Crippen LogP contribution in [0.25, 0.3) is 65.3 Å². The van der Waals surface area contributed by atoms with E-state index in [9.17, 15) is 25.5 Å². The lowest BCUT2D eigenvalue weighted by Crippen LogP contribution is -2.26. The molecule has 8 aromatic rings. The van der Waals surface area contributed by atoms with E-state index in [-0.39, 0.29) is 49.2 Å². The maximum absolute atomic E-state index is 12.0. The largest absolute Gasteiger partial charge is 0.507 e. The molecule has 0 saturated heterocycles. The molecule has 6 heteroatoms. The molecule has 0 aliphatic carbocycles. The van der Waals surface area contributed by atoms with Crippen molar-refractivity contribution in [3.63, 3.8) is 0 Å². The quantitative estimate of drug-likeness (QED) is 0.112. The Bertz CT molecular complexity index is 2400. The summed E-state index contributed by atoms with van der Waals surface area (Å²) in [5, 5.41) is 63.7. The van der Waals surface area contributed by atoms with Gasteiger partial charge in [-0.25, -0.2) is 0 Å². The monoisotopic (exact) mass is 657 g/mol. The van der Waals surface area contributed by atoms with Crippen molar-refractivity contribution in [3.05, 3.63) is 145 Å². The molecule has 5 N–H and O–H groups in total. The van der Waals surface area contributed by atoms with Crippen LogP contribution in [0.1, 0.15) is 11.1 Å². The number of benzene rings is 8. The van der Waals surface area contributed by atoms with Crippen molar-refractivity contribution in [1.82, 2.24) is 4.90 Å². The first-order valence-electron chi connectivity index (χ1n) is 16.7. The summed E-state index contributed by atoms with van der Waals surface area (Å²) in [5.74, 6) is 0.224. The average Bonchev–Trinajstić information content (AvgIpc) is 3.13. The molecule has 246 valence electrons. The molecule has 0 aromatic heterocycles. The van der Waals surface area contributed by atoms with Gasteiger partial charge in [0.25, 0.3) is 0 Å². The third-order valence-corrected chi connectivity index (χ3v) is 9.72. The Morgan fingerprint density at radius 2 is 0.760 bits per heavy atom. The van der Waals surface area contributed by atoms with Gasteiger partial charge in [0.15, 0.2) is 0 Å². The third-order valence-electron chi connectivity index (χ3n) is 9.72. The summed E-state index contributed by atoms with van der Waals surface area (Å²) in [6.45, 7) is 0.618. The van der Waals surface area contributed by atoms with Crippen LogP contribution in [-0.4, -0.2) is 43.6 Å². The van der Waals surface area contributed by atoms with E-state index in [4.69, 9.17) is 0 Å².